The average Bonchev–Trinajstić information content (AvgIpc) is 3.25. The third-order valence-corrected chi connectivity index (χ3v) is 5.17. The Bertz CT molecular complexity index is 1100. The number of ether oxygens (including phenoxy) is 3. The first-order valence-corrected chi connectivity index (χ1v) is 11.1. The first kappa shape index (κ1) is 25.4. The topological polar surface area (TPSA) is 128 Å². The van der Waals surface area contributed by atoms with E-state index in [1.54, 1.807) is 38.1 Å². The molecular formula is C25H26N2O8. The molecule has 0 unspecified atom stereocenters. The molecule has 0 aromatic heterocycles. The second kappa shape index (κ2) is 11.8. The van der Waals surface area contributed by atoms with Gasteiger partial charge in [-0.3, -0.25) is 14.4 Å². The summed E-state index contributed by atoms with van der Waals surface area (Å²) in [4.78, 5) is 61.9. The van der Waals surface area contributed by atoms with Gasteiger partial charge in [-0.25, -0.2) is 9.59 Å². The molecule has 10 heteroatoms. The molecule has 1 aliphatic rings. The maximum Gasteiger partial charge on any atom is 0.338 e. The highest BCUT2D eigenvalue weighted by atomic mass is 16.5. The molecular weight excluding hydrogens is 456 g/mol. The highest BCUT2D eigenvalue weighted by Gasteiger charge is 2.36. The molecule has 35 heavy (non-hydrogen) atoms. The standard InChI is InChI=1S/C25H26N2O8/c1-3-33-23(30)16-5-9-19(10-6-16)26-21(28)15-35-25(32)18-13-22(29)27(14-18)20-11-7-17(8-12-20)24(31)34-4-2/h5-12,18H,3-4,13-15H2,1-2H3,(H,26,28)/t18-/m0/s1. The predicted octanol–water partition coefficient (Wildman–Crippen LogP) is 2.57. The average molecular weight is 482 g/mol. The van der Waals surface area contributed by atoms with Gasteiger partial charge in [0.1, 0.15) is 0 Å². The lowest BCUT2D eigenvalue weighted by Gasteiger charge is -2.17. The number of hydrogen-bond acceptors (Lipinski definition) is 8. The smallest absolute Gasteiger partial charge is 0.338 e. The number of carbonyl (C=O) groups excluding carboxylic acids is 5. The molecule has 0 bridgehead atoms. The molecule has 0 aliphatic carbocycles. The Morgan fingerprint density at radius 2 is 1.40 bits per heavy atom. The summed E-state index contributed by atoms with van der Waals surface area (Å²) in [7, 11) is 0. The van der Waals surface area contributed by atoms with Gasteiger partial charge < -0.3 is 24.4 Å². The van der Waals surface area contributed by atoms with Gasteiger partial charge in [0, 0.05) is 24.3 Å². The zero-order valence-corrected chi connectivity index (χ0v) is 19.4. The van der Waals surface area contributed by atoms with Gasteiger partial charge in [0.2, 0.25) is 5.91 Å². The Labute approximate surface area is 202 Å². The maximum absolute atomic E-state index is 12.4. The SMILES string of the molecule is CCOC(=O)c1ccc(NC(=O)COC(=O)[C@H]2CC(=O)N(c3ccc(C(=O)OCC)cc3)C2)cc1. The van der Waals surface area contributed by atoms with Crippen LogP contribution in [0.2, 0.25) is 0 Å². The highest BCUT2D eigenvalue weighted by molar-refractivity contribution is 6.00. The van der Waals surface area contributed by atoms with Crippen molar-refractivity contribution in [3.63, 3.8) is 0 Å². The molecule has 1 aliphatic heterocycles. The monoisotopic (exact) mass is 482 g/mol. The van der Waals surface area contributed by atoms with Gasteiger partial charge in [-0.05, 0) is 62.4 Å². The van der Waals surface area contributed by atoms with Crippen molar-refractivity contribution < 1.29 is 38.2 Å². The van der Waals surface area contributed by atoms with Crippen molar-refractivity contribution >= 4 is 41.1 Å². The van der Waals surface area contributed by atoms with Crippen molar-refractivity contribution in [1.82, 2.24) is 0 Å². The maximum atomic E-state index is 12.4. The number of amides is 2. The van der Waals surface area contributed by atoms with E-state index in [-0.39, 0.29) is 32.1 Å². The Kier molecular flexibility index (Phi) is 8.55. The minimum Gasteiger partial charge on any atom is -0.462 e. The van der Waals surface area contributed by atoms with Crippen molar-refractivity contribution in [3.8, 4) is 0 Å². The molecule has 1 saturated heterocycles. The van der Waals surface area contributed by atoms with E-state index >= 15 is 0 Å². The summed E-state index contributed by atoms with van der Waals surface area (Å²) in [6.45, 7) is 3.52. The number of carbonyl (C=O) groups is 5. The van der Waals surface area contributed by atoms with Crippen LogP contribution in [-0.2, 0) is 28.6 Å². The van der Waals surface area contributed by atoms with Gasteiger partial charge in [0.05, 0.1) is 30.3 Å². The number of benzene rings is 2. The van der Waals surface area contributed by atoms with E-state index in [4.69, 9.17) is 14.2 Å². The molecule has 1 heterocycles. The van der Waals surface area contributed by atoms with Crippen molar-refractivity contribution in [3.05, 3.63) is 59.7 Å². The summed E-state index contributed by atoms with van der Waals surface area (Å²) in [6.07, 6.45) is -0.0462. The van der Waals surface area contributed by atoms with Crippen LogP contribution in [0.3, 0.4) is 0 Å². The van der Waals surface area contributed by atoms with E-state index in [9.17, 15) is 24.0 Å². The van der Waals surface area contributed by atoms with Gasteiger partial charge in [-0.15, -0.1) is 0 Å². The summed E-state index contributed by atoms with van der Waals surface area (Å²) >= 11 is 0. The van der Waals surface area contributed by atoms with Crippen LogP contribution in [0.5, 0.6) is 0 Å². The molecule has 10 nitrogen and oxygen atoms in total. The molecule has 1 N–H and O–H groups in total. The molecule has 0 spiro atoms. The Balaban J connectivity index is 1.49. The quantitative estimate of drug-likeness (QED) is 0.427. The minimum atomic E-state index is -0.719. The molecule has 2 amide bonds. The van der Waals surface area contributed by atoms with E-state index in [1.165, 1.54) is 29.2 Å². The second-order valence-electron chi connectivity index (χ2n) is 7.63. The first-order valence-electron chi connectivity index (χ1n) is 11.1. The van der Waals surface area contributed by atoms with E-state index in [0.717, 1.165) is 0 Å². The number of nitrogens with zero attached hydrogens (tertiary/aromatic N) is 1. The first-order chi connectivity index (χ1) is 16.8. The fourth-order valence-corrected chi connectivity index (χ4v) is 3.46. The lowest BCUT2D eigenvalue weighted by atomic mass is 10.1. The number of nitrogens with one attached hydrogen (secondary N) is 1. The van der Waals surface area contributed by atoms with Gasteiger partial charge >= 0.3 is 17.9 Å². The number of hydrogen-bond donors (Lipinski definition) is 1. The van der Waals surface area contributed by atoms with Crippen LogP contribution >= 0.6 is 0 Å². The van der Waals surface area contributed by atoms with Crippen molar-refractivity contribution in [2.75, 3.05) is 36.6 Å². The summed E-state index contributed by atoms with van der Waals surface area (Å²) in [5.74, 6) is -3.11. The van der Waals surface area contributed by atoms with Gasteiger partial charge in [-0.1, -0.05) is 0 Å². The van der Waals surface area contributed by atoms with Crippen molar-refractivity contribution in [2.24, 2.45) is 5.92 Å². The lowest BCUT2D eigenvalue weighted by Crippen LogP contribution is -2.28. The summed E-state index contributed by atoms with van der Waals surface area (Å²) in [5.41, 5.74) is 1.68. The molecule has 1 fully saturated rings. The molecule has 2 aromatic carbocycles. The summed E-state index contributed by atoms with van der Waals surface area (Å²) in [6, 6.07) is 12.4. The number of anilines is 2. The zero-order chi connectivity index (χ0) is 25.4. The van der Waals surface area contributed by atoms with Crippen LogP contribution in [-0.4, -0.2) is 56.1 Å². The Morgan fingerprint density at radius 3 is 1.94 bits per heavy atom. The third-order valence-electron chi connectivity index (χ3n) is 5.17. The fourth-order valence-electron chi connectivity index (χ4n) is 3.46. The molecule has 0 saturated carbocycles. The highest BCUT2D eigenvalue weighted by Crippen LogP contribution is 2.26. The van der Waals surface area contributed by atoms with Crippen LogP contribution in [0.1, 0.15) is 41.0 Å². The van der Waals surface area contributed by atoms with Gasteiger partial charge in [0.15, 0.2) is 6.61 Å². The normalized spacial score (nSPS) is 14.9. The second-order valence-corrected chi connectivity index (χ2v) is 7.63. The Morgan fingerprint density at radius 1 is 0.857 bits per heavy atom. The lowest BCUT2D eigenvalue weighted by molar-refractivity contribution is -0.151. The van der Waals surface area contributed by atoms with Gasteiger partial charge in [0.25, 0.3) is 5.91 Å². The number of rotatable bonds is 9. The third kappa shape index (κ3) is 6.66. The largest absolute Gasteiger partial charge is 0.462 e. The fraction of sp³-hybridized carbons (Fsp3) is 0.320. The van der Waals surface area contributed by atoms with Crippen molar-refractivity contribution in [2.45, 2.75) is 20.3 Å². The molecule has 1 atom stereocenters. The van der Waals surface area contributed by atoms with Crippen LogP contribution < -0.4 is 10.2 Å². The van der Waals surface area contributed by atoms with E-state index < -0.39 is 36.3 Å². The zero-order valence-electron chi connectivity index (χ0n) is 19.4. The van der Waals surface area contributed by atoms with Crippen LogP contribution in [0.4, 0.5) is 11.4 Å². The molecule has 3 rings (SSSR count). The van der Waals surface area contributed by atoms with E-state index in [0.29, 0.717) is 22.5 Å². The van der Waals surface area contributed by atoms with Crippen LogP contribution in [0, 0.1) is 5.92 Å². The molecule has 184 valence electrons. The summed E-state index contributed by atoms with van der Waals surface area (Å²) in [5, 5.41) is 2.57. The minimum absolute atomic E-state index is 0.0462. The van der Waals surface area contributed by atoms with Gasteiger partial charge in [-0.2, -0.15) is 0 Å². The Hall–Kier alpha value is -4.21. The molecule has 0 radical (unpaired) electrons. The summed E-state index contributed by atoms with van der Waals surface area (Å²) < 4.78 is 14.9. The number of esters is 3. The van der Waals surface area contributed by atoms with Crippen LogP contribution in [0.15, 0.2) is 48.5 Å². The van der Waals surface area contributed by atoms with E-state index in [2.05, 4.69) is 5.32 Å². The van der Waals surface area contributed by atoms with E-state index in [1.807, 2.05) is 0 Å². The molecule has 2 aromatic rings. The van der Waals surface area contributed by atoms with Crippen LogP contribution in [0.25, 0.3) is 0 Å². The predicted molar refractivity (Wildman–Crippen MR) is 125 cm³/mol. The van der Waals surface area contributed by atoms with Crippen molar-refractivity contribution in [1.29, 1.82) is 0 Å².